The predicted molar refractivity (Wildman–Crippen MR) is 61.9 cm³/mol. The van der Waals surface area contributed by atoms with Crippen molar-refractivity contribution in [3.63, 3.8) is 0 Å². The third-order valence-corrected chi connectivity index (χ3v) is 2.40. The van der Waals surface area contributed by atoms with Gasteiger partial charge in [0, 0.05) is 12.1 Å². The highest BCUT2D eigenvalue weighted by Gasteiger charge is 2.12. The van der Waals surface area contributed by atoms with E-state index in [4.69, 9.17) is 10.5 Å². The van der Waals surface area contributed by atoms with E-state index in [0.29, 0.717) is 11.3 Å². The third kappa shape index (κ3) is 2.24. The first-order chi connectivity index (χ1) is 8.26. The molecular weight excluding hydrogens is 221 g/mol. The molecule has 2 N–H and O–H groups in total. The molecule has 17 heavy (non-hydrogen) atoms. The zero-order valence-corrected chi connectivity index (χ0v) is 9.35. The van der Waals surface area contributed by atoms with Crippen LogP contribution in [0.2, 0.25) is 0 Å². The molecule has 0 saturated heterocycles. The number of ether oxygens (including phenoxy) is 1. The van der Waals surface area contributed by atoms with Crippen LogP contribution in [0, 0.1) is 5.82 Å². The molecule has 0 unspecified atom stereocenters. The van der Waals surface area contributed by atoms with Crippen molar-refractivity contribution < 1.29 is 9.13 Å². The maximum atomic E-state index is 13.9. The summed E-state index contributed by atoms with van der Waals surface area (Å²) in [5.41, 5.74) is 6.48. The molecule has 1 heterocycles. The molecule has 0 aliphatic heterocycles. The standard InChI is InChI=1S/C12H12FN3O/c1-17-9-4-2-3-8(5-9)12-11(13)10(6-14)15-7-16-12/h2-5,7H,6,14H2,1H3. The Morgan fingerprint density at radius 3 is 2.88 bits per heavy atom. The maximum absolute atomic E-state index is 13.9. The van der Waals surface area contributed by atoms with E-state index in [9.17, 15) is 4.39 Å². The van der Waals surface area contributed by atoms with Crippen LogP contribution in [0.5, 0.6) is 5.75 Å². The molecule has 5 heteroatoms. The lowest BCUT2D eigenvalue weighted by atomic mass is 10.1. The van der Waals surface area contributed by atoms with Gasteiger partial charge in [0.05, 0.1) is 12.8 Å². The minimum absolute atomic E-state index is 0.0469. The number of benzene rings is 1. The lowest BCUT2D eigenvalue weighted by molar-refractivity contribution is 0.415. The topological polar surface area (TPSA) is 61.0 Å². The van der Waals surface area contributed by atoms with Crippen LogP contribution in [-0.2, 0) is 6.54 Å². The molecule has 0 bridgehead atoms. The Balaban J connectivity index is 2.52. The number of nitrogens with two attached hydrogens (primary N) is 1. The van der Waals surface area contributed by atoms with Crippen molar-refractivity contribution in [2.45, 2.75) is 6.54 Å². The Hall–Kier alpha value is -2.01. The van der Waals surface area contributed by atoms with Crippen molar-refractivity contribution >= 4 is 0 Å². The van der Waals surface area contributed by atoms with Crippen LogP contribution in [-0.4, -0.2) is 17.1 Å². The number of aromatic nitrogens is 2. The average molecular weight is 233 g/mol. The number of nitrogens with zero attached hydrogens (tertiary/aromatic N) is 2. The van der Waals surface area contributed by atoms with Crippen molar-refractivity contribution in [3.05, 3.63) is 42.1 Å². The summed E-state index contributed by atoms with van der Waals surface area (Å²) in [5.74, 6) is 0.165. The SMILES string of the molecule is COc1cccc(-c2ncnc(CN)c2F)c1. The van der Waals surface area contributed by atoms with Gasteiger partial charge in [0.2, 0.25) is 0 Å². The number of methoxy groups -OCH3 is 1. The second kappa shape index (κ2) is 4.88. The Morgan fingerprint density at radius 1 is 1.35 bits per heavy atom. The molecule has 0 amide bonds. The molecule has 1 aromatic carbocycles. The molecule has 88 valence electrons. The van der Waals surface area contributed by atoms with Crippen LogP contribution in [0.4, 0.5) is 4.39 Å². The van der Waals surface area contributed by atoms with E-state index in [1.807, 2.05) is 0 Å². The van der Waals surface area contributed by atoms with E-state index < -0.39 is 5.82 Å². The molecule has 0 saturated carbocycles. The summed E-state index contributed by atoms with van der Waals surface area (Å²) >= 11 is 0. The number of rotatable bonds is 3. The summed E-state index contributed by atoms with van der Waals surface area (Å²) < 4.78 is 19.0. The molecule has 0 aliphatic carbocycles. The molecule has 2 aromatic rings. The minimum Gasteiger partial charge on any atom is -0.497 e. The smallest absolute Gasteiger partial charge is 0.172 e. The fraction of sp³-hybridized carbons (Fsp3) is 0.167. The average Bonchev–Trinajstić information content (AvgIpc) is 2.39. The molecule has 4 nitrogen and oxygen atoms in total. The van der Waals surface area contributed by atoms with Gasteiger partial charge in [-0.05, 0) is 12.1 Å². The van der Waals surface area contributed by atoms with Crippen LogP contribution < -0.4 is 10.5 Å². The van der Waals surface area contributed by atoms with Crippen LogP contribution in [0.3, 0.4) is 0 Å². The van der Waals surface area contributed by atoms with E-state index in [1.165, 1.54) is 6.33 Å². The number of hydrogen-bond donors (Lipinski definition) is 1. The molecule has 0 fully saturated rings. The van der Waals surface area contributed by atoms with E-state index in [-0.39, 0.29) is 17.9 Å². The quantitative estimate of drug-likeness (QED) is 0.877. The first-order valence-corrected chi connectivity index (χ1v) is 5.10. The van der Waals surface area contributed by atoms with Crippen molar-refractivity contribution in [3.8, 4) is 17.0 Å². The molecular formula is C12H12FN3O. The Morgan fingerprint density at radius 2 is 2.18 bits per heavy atom. The van der Waals surface area contributed by atoms with Gasteiger partial charge in [-0.25, -0.2) is 14.4 Å². The zero-order chi connectivity index (χ0) is 12.3. The Bertz CT molecular complexity index is 531. The van der Waals surface area contributed by atoms with Gasteiger partial charge < -0.3 is 10.5 Å². The Labute approximate surface area is 98.3 Å². The van der Waals surface area contributed by atoms with Crippen molar-refractivity contribution in [2.24, 2.45) is 5.73 Å². The van der Waals surface area contributed by atoms with E-state index >= 15 is 0 Å². The fourth-order valence-electron chi connectivity index (χ4n) is 1.52. The summed E-state index contributed by atoms with van der Waals surface area (Å²) in [6.45, 7) is 0.0469. The maximum Gasteiger partial charge on any atom is 0.172 e. The van der Waals surface area contributed by atoms with Gasteiger partial charge in [-0.3, -0.25) is 0 Å². The third-order valence-electron chi connectivity index (χ3n) is 2.40. The highest BCUT2D eigenvalue weighted by molar-refractivity contribution is 5.61. The minimum atomic E-state index is -0.483. The van der Waals surface area contributed by atoms with E-state index in [0.717, 1.165) is 0 Å². The molecule has 2 rings (SSSR count). The van der Waals surface area contributed by atoms with Gasteiger partial charge in [0.15, 0.2) is 5.82 Å². The monoisotopic (exact) mass is 233 g/mol. The van der Waals surface area contributed by atoms with Gasteiger partial charge in [-0.2, -0.15) is 0 Å². The summed E-state index contributed by atoms with van der Waals surface area (Å²) in [7, 11) is 1.56. The van der Waals surface area contributed by atoms with Crippen molar-refractivity contribution in [1.82, 2.24) is 9.97 Å². The van der Waals surface area contributed by atoms with E-state index in [2.05, 4.69) is 9.97 Å². The molecule has 0 atom stereocenters. The van der Waals surface area contributed by atoms with Gasteiger partial charge in [-0.1, -0.05) is 12.1 Å². The molecule has 0 spiro atoms. The summed E-state index contributed by atoms with van der Waals surface area (Å²) in [5, 5.41) is 0. The lowest BCUT2D eigenvalue weighted by Crippen LogP contribution is -2.05. The van der Waals surface area contributed by atoms with Crippen LogP contribution in [0.15, 0.2) is 30.6 Å². The molecule has 0 aliphatic rings. The summed E-state index contributed by atoms with van der Waals surface area (Å²) in [4.78, 5) is 7.72. The summed E-state index contributed by atoms with van der Waals surface area (Å²) in [6, 6.07) is 7.03. The first kappa shape index (κ1) is 11.5. The largest absolute Gasteiger partial charge is 0.497 e. The molecule has 1 aromatic heterocycles. The predicted octanol–water partition coefficient (Wildman–Crippen LogP) is 1.75. The highest BCUT2D eigenvalue weighted by Crippen LogP contribution is 2.24. The first-order valence-electron chi connectivity index (χ1n) is 5.10. The number of halogens is 1. The van der Waals surface area contributed by atoms with Crippen molar-refractivity contribution in [2.75, 3.05) is 7.11 Å². The van der Waals surface area contributed by atoms with Crippen LogP contribution in [0.25, 0.3) is 11.3 Å². The zero-order valence-electron chi connectivity index (χ0n) is 9.35. The van der Waals surface area contributed by atoms with Crippen LogP contribution >= 0.6 is 0 Å². The van der Waals surface area contributed by atoms with Gasteiger partial charge >= 0.3 is 0 Å². The van der Waals surface area contributed by atoms with Crippen molar-refractivity contribution in [1.29, 1.82) is 0 Å². The lowest BCUT2D eigenvalue weighted by Gasteiger charge is -2.06. The number of hydrogen-bond acceptors (Lipinski definition) is 4. The fourth-order valence-corrected chi connectivity index (χ4v) is 1.52. The molecule has 0 radical (unpaired) electrons. The Kier molecular flexibility index (Phi) is 3.30. The summed E-state index contributed by atoms with van der Waals surface area (Å²) in [6.07, 6.45) is 1.31. The van der Waals surface area contributed by atoms with Gasteiger partial charge in [-0.15, -0.1) is 0 Å². The van der Waals surface area contributed by atoms with Gasteiger partial charge in [0.1, 0.15) is 17.8 Å². The highest BCUT2D eigenvalue weighted by atomic mass is 19.1. The normalized spacial score (nSPS) is 10.3. The van der Waals surface area contributed by atoms with Crippen LogP contribution in [0.1, 0.15) is 5.69 Å². The van der Waals surface area contributed by atoms with Gasteiger partial charge in [0.25, 0.3) is 0 Å². The second-order valence-electron chi connectivity index (χ2n) is 3.42. The second-order valence-corrected chi connectivity index (χ2v) is 3.42. The van der Waals surface area contributed by atoms with E-state index in [1.54, 1.807) is 31.4 Å².